The van der Waals surface area contributed by atoms with Crippen LogP contribution >= 0.6 is 0 Å². The molecule has 0 aliphatic heterocycles. The molecular formula is C11H7F2NO3. The molecule has 0 unspecified atom stereocenters. The molecule has 4 nitrogen and oxygen atoms in total. The molecule has 17 heavy (non-hydrogen) atoms. The van der Waals surface area contributed by atoms with E-state index in [0.717, 1.165) is 0 Å². The third kappa shape index (κ3) is 3.01. The second-order valence-corrected chi connectivity index (χ2v) is 2.95. The van der Waals surface area contributed by atoms with Crippen molar-refractivity contribution in [1.29, 1.82) is 0 Å². The van der Waals surface area contributed by atoms with Crippen LogP contribution in [0.15, 0.2) is 12.1 Å². The summed E-state index contributed by atoms with van der Waals surface area (Å²) >= 11 is 0. The van der Waals surface area contributed by atoms with Crippen molar-refractivity contribution in [1.82, 2.24) is 0 Å². The average molecular weight is 239 g/mol. The first-order valence-electron chi connectivity index (χ1n) is 4.41. The van der Waals surface area contributed by atoms with Crippen molar-refractivity contribution in [2.24, 2.45) is 0 Å². The molecule has 0 heterocycles. The van der Waals surface area contributed by atoms with Crippen LogP contribution in [0.1, 0.15) is 17.3 Å². The summed E-state index contributed by atoms with van der Waals surface area (Å²) in [6, 6.07) is 1.08. The number of aromatic carboxylic acids is 1. The summed E-state index contributed by atoms with van der Waals surface area (Å²) in [5.41, 5.74) is -0.890. The molecule has 0 radical (unpaired) electrons. The molecule has 1 aromatic rings. The van der Waals surface area contributed by atoms with E-state index in [4.69, 9.17) is 5.11 Å². The van der Waals surface area contributed by atoms with Gasteiger partial charge >= 0.3 is 5.97 Å². The molecule has 0 atom stereocenters. The van der Waals surface area contributed by atoms with E-state index in [1.807, 2.05) is 0 Å². The number of halogens is 2. The Kier molecular flexibility index (Phi) is 3.78. The van der Waals surface area contributed by atoms with Gasteiger partial charge in [0, 0.05) is 6.07 Å². The monoisotopic (exact) mass is 239 g/mol. The number of anilines is 1. The molecule has 0 saturated carbocycles. The van der Waals surface area contributed by atoms with E-state index >= 15 is 0 Å². The summed E-state index contributed by atoms with van der Waals surface area (Å²) in [5, 5.41) is 10.8. The van der Waals surface area contributed by atoms with E-state index in [1.165, 1.54) is 6.92 Å². The Hall–Kier alpha value is -2.42. The molecule has 1 aromatic carbocycles. The zero-order valence-corrected chi connectivity index (χ0v) is 8.67. The first kappa shape index (κ1) is 12.6. The third-order valence-electron chi connectivity index (χ3n) is 1.78. The molecule has 0 spiro atoms. The number of amides is 1. The van der Waals surface area contributed by atoms with Gasteiger partial charge in [-0.05, 0) is 18.9 Å². The number of hydrogen-bond acceptors (Lipinski definition) is 2. The SMILES string of the molecule is CC#CC(=O)Nc1cc(F)c(F)cc1C(=O)O. The zero-order valence-electron chi connectivity index (χ0n) is 8.67. The number of hydrogen-bond donors (Lipinski definition) is 2. The van der Waals surface area contributed by atoms with Crippen molar-refractivity contribution >= 4 is 17.6 Å². The Morgan fingerprint density at radius 1 is 1.29 bits per heavy atom. The van der Waals surface area contributed by atoms with E-state index in [0.29, 0.717) is 12.1 Å². The minimum atomic E-state index is -1.48. The van der Waals surface area contributed by atoms with Gasteiger partial charge in [0.2, 0.25) is 0 Å². The highest BCUT2D eigenvalue weighted by molar-refractivity contribution is 6.07. The van der Waals surface area contributed by atoms with Gasteiger partial charge in [-0.15, -0.1) is 0 Å². The van der Waals surface area contributed by atoms with Crippen molar-refractivity contribution in [2.45, 2.75) is 6.92 Å². The molecular weight excluding hydrogens is 232 g/mol. The predicted octanol–water partition coefficient (Wildman–Crippen LogP) is 1.62. The van der Waals surface area contributed by atoms with Crippen LogP contribution in [0, 0.1) is 23.5 Å². The summed E-state index contributed by atoms with van der Waals surface area (Å²) in [7, 11) is 0. The number of benzene rings is 1. The standard InChI is InChI=1S/C11H7F2NO3/c1-2-3-10(15)14-9-5-8(13)7(12)4-6(9)11(16)17/h4-5H,1H3,(H,14,15)(H,16,17). The lowest BCUT2D eigenvalue weighted by molar-refractivity contribution is -0.111. The van der Waals surface area contributed by atoms with Crippen molar-refractivity contribution in [2.75, 3.05) is 5.32 Å². The first-order chi connectivity index (χ1) is 7.95. The highest BCUT2D eigenvalue weighted by Gasteiger charge is 2.16. The average Bonchev–Trinajstić information content (AvgIpc) is 2.23. The molecule has 2 N–H and O–H groups in total. The molecule has 0 aliphatic rings. The fourth-order valence-electron chi connectivity index (χ4n) is 1.09. The minimum absolute atomic E-state index is 0.343. The van der Waals surface area contributed by atoms with Crippen LogP contribution < -0.4 is 5.32 Å². The van der Waals surface area contributed by atoms with Gasteiger partial charge in [-0.1, -0.05) is 5.92 Å². The summed E-state index contributed by atoms with van der Waals surface area (Å²) in [5.74, 6) is -0.476. The van der Waals surface area contributed by atoms with Crippen LogP contribution in [0.3, 0.4) is 0 Å². The van der Waals surface area contributed by atoms with Gasteiger partial charge in [0.15, 0.2) is 11.6 Å². The lowest BCUT2D eigenvalue weighted by Crippen LogP contribution is -2.13. The lowest BCUT2D eigenvalue weighted by atomic mass is 10.1. The molecule has 1 amide bonds. The Morgan fingerprint density at radius 2 is 1.88 bits per heavy atom. The summed E-state index contributed by atoms with van der Waals surface area (Å²) < 4.78 is 25.7. The van der Waals surface area contributed by atoms with Gasteiger partial charge in [0.25, 0.3) is 5.91 Å². The molecule has 0 bridgehead atoms. The van der Waals surface area contributed by atoms with Gasteiger partial charge in [0.05, 0.1) is 11.3 Å². The Balaban J connectivity index is 3.20. The lowest BCUT2D eigenvalue weighted by Gasteiger charge is -2.06. The summed E-state index contributed by atoms with van der Waals surface area (Å²) in [6.45, 7) is 1.41. The highest BCUT2D eigenvalue weighted by atomic mass is 19.2. The van der Waals surface area contributed by atoms with Crippen LogP contribution in [0.25, 0.3) is 0 Å². The summed E-state index contributed by atoms with van der Waals surface area (Å²) in [4.78, 5) is 21.8. The van der Waals surface area contributed by atoms with Crippen LogP contribution in [-0.4, -0.2) is 17.0 Å². The molecule has 0 saturated heterocycles. The maximum absolute atomic E-state index is 12.9. The fraction of sp³-hybridized carbons (Fsp3) is 0.0909. The van der Waals surface area contributed by atoms with Gasteiger partial charge in [-0.3, -0.25) is 4.79 Å². The number of carbonyl (C=O) groups is 2. The molecule has 0 fully saturated rings. The maximum atomic E-state index is 12.9. The van der Waals surface area contributed by atoms with E-state index in [2.05, 4.69) is 17.2 Å². The topological polar surface area (TPSA) is 66.4 Å². The number of carboxylic acids is 1. The normalized spacial score (nSPS) is 9.12. The minimum Gasteiger partial charge on any atom is -0.478 e. The van der Waals surface area contributed by atoms with Crippen molar-refractivity contribution < 1.29 is 23.5 Å². The summed E-state index contributed by atoms with van der Waals surface area (Å²) in [6.07, 6.45) is 0. The van der Waals surface area contributed by atoms with Crippen LogP contribution in [0.5, 0.6) is 0 Å². The first-order valence-corrected chi connectivity index (χ1v) is 4.41. The fourth-order valence-corrected chi connectivity index (χ4v) is 1.09. The molecule has 0 aromatic heterocycles. The van der Waals surface area contributed by atoms with E-state index in [-0.39, 0.29) is 5.69 Å². The second kappa shape index (κ2) is 5.07. The largest absolute Gasteiger partial charge is 0.478 e. The van der Waals surface area contributed by atoms with Crippen molar-refractivity contribution in [3.63, 3.8) is 0 Å². The van der Waals surface area contributed by atoms with Crippen LogP contribution in [0.2, 0.25) is 0 Å². The maximum Gasteiger partial charge on any atom is 0.337 e. The molecule has 6 heteroatoms. The number of rotatable bonds is 2. The van der Waals surface area contributed by atoms with Crippen molar-refractivity contribution in [3.8, 4) is 11.8 Å². The quantitative estimate of drug-likeness (QED) is 0.771. The zero-order chi connectivity index (χ0) is 13.0. The van der Waals surface area contributed by atoms with Gasteiger partial charge in [0.1, 0.15) is 0 Å². The predicted molar refractivity (Wildman–Crippen MR) is 55.4 cm³/mol. The highest BCUT2D eigenvalue weighted by Crippen LogP contribution is 2.20. The van der Waals surface area contributed by atoms with Gasteiger partial charge < -0.3 is 10.4 Å². The van der Waals surface area contributed by atoms with E-state index in [9.17, 15) is 18.4 Å². The Labute approximate surface area is 95.3 Å². The Morgan fingerprint density at radius 3 is 2.41 bits per heavy atom. The number of nitrogens with one attached hydrogen (secondary N) is 1. The molecule has 0 aliphatic carbocycles. The van der Waals surface area contributed by atoms with Crippen LogP contribution in [-0.2, 0) is 4.79 Å². The third-order valence-corrected chi connectivity index (χ3v) is 1.78. The smallest absolute Gasteiger partial charge is 0.337 e. The van der Waals surface area contributed by atoms with E-state index in [1.54, 1.807) is 0 Å². The molecule has 1 rings (SSSR count). The molecule has 88 valence electrons. The Bertz CT molecular complexity index is 544. The van der Waals surface area contributed by atoms with Gasteiger partial charge in [-0.2, -0.15) is 0 Å². The van der Waals surface area contributed by atoms with Gasteiger partial charge in [-0.25, -0.2) is 13.6 Å². The number of carbonyl (C=O) groups excluding carboxylic acids is 1. The van der Waals surface area contributed by atoms with Crippen molar-refractivity contribution in [3.05, 3.63) is 29.3 Å². The van der Waals surface area contributed by atoms with Crippen LogP contribution in [0.4, 0.5) is 14.5 Å². The van der Waals surface area contributed by atoms with E-state index < -0.39 is 29.1 Å². The number of carboxylic acid groups (broad SMARTS) is 1. The second-order valence-electron chi connectivity index (χ2n) is 2.95.